The summed E-state index contributed by atoms with van der Waals surface area (Å²) in [5.74, 6) is 0.670. The molecule has 3 aliphatic rings. The maximum absolute atomic E-state index is 14.3. The van der Waals surface area contributed by atoms with E-state index in [0.29, 0.717) is 33.4 Å². The number of amides is 1. The molecule has 75 heavy (non-hydrogen) atoms. The van der Waals surface area contributed by atoms with Gasteiger partial charge in [-0.2, -0.15) is 0 Å². The number of benzene rings is 4. The lowest BCUT2D eigenvalue weighted by Crippen LogP contribution is -2.45. The second-order valence-corrected chi connectivity index (χ2v) is 22.4. The standard InChI is InChI=1S/C58H73ClN10O4S2/c1-6-63(3)31-28-48(42-74-51-18-8-7-9-19-51)61-53-27-26-52(41-54(53)69(71)72)75(73)62-47-15-10-11-16-49(25-24-47)67-36-38-68(39-37-67)50-17-12-14-45(40-50)56-55(43(2)65(5)57(56)44-20-22-46(59)23-21-44)58(70)60-29-13-30-66-34-32-64(4)33-35-66/h7-10,12,14-15,17-27,40-41,48,61-62H,6,11,13,16,28-39,42H2,1-5H3,(H,60,70)/b15-10-,47-24+,49-25+/t48-,75?/m1/s1. The van der Waals surface area contributed by atoms with Crippen LogP contribution >= 0.6 is 23.4 Å². The van der Waals surface area contributed by atoms with Crippen LogP contribution in [0.1, 0.15) is 48.7 Å². The Bertz CT molecular complexity index is 2860. The molecule has 14 nitrogen and oxygen atoms in total. The van der Waals surface area contributed by atoms with Crippen LogP contribution in [0.25, 0.3) is 22.4 Å². The van der Waals surface area contributed by atoms with Crippen molar-refractivity contribution in [2.75, 3.05) is 109 Å². The van der Waals surface area contributed by atoms with Crippen LogP contribution in [-0.2, 0) is 18.0 Å². The van der Waals surface area contributed by atoms with E-state index in [2.05, 4.69) is 114 Å². The van der Waals surface area contributed by atoms with E-state index in [1.54, 1.807) is 23.9 Å². The number of thioether (sulfide) groups is 1. The minimum Gasteiger partial charge on any atom is -0.376 e. The van der Waals surface area contributed by atoms with Crippen molar-refractivity contribution in [2.45, 2.75) is 55.4 Å². The molecule has 0 radical (unpaired) electrons. The monoisotopic (exact) mass is 1070 g/mol. The minimum atomic E-state index is -1.76. The third-order valence-electron chi connectivity index (χ3n) is 14.6. The molecule has 1 amide bonds. The van der Waals surface area contributed by atoms with Crippen molar-refractivity contribution >= 4 is 57.3 Å². The highest BCUT2D eigenvalue weighted by Gasteiger charge is 2.28. The minimum absolute atomic E-state index is 0.0292. The second kappa shape index (κ2) is 26.7. The first kappa shape index (κ1) is 55.4. The van der Waals surface area contributed by atoms with Crippen LogP contribution in [0.5, 0.6) is 0 Å². The average molecular weight is 1070 g/mol. The van der Waals surface area contributed by atoms with Gasteiger partial charge < -0.3 is 44.4 Å². The lowest BCUT2D eigenvalue weighted by atomic mass is 9.95. The predicted molar refractivity (Wildman–Crippen MR) is 310 cm³/mol. The van der Waals surface area contributed by atoms with Gasteiger partial charge in [-0.25, -0.2) is 4.21 Å². The number of nitrogens with zero attached hydrogens (tertiary/aromatic N) is 7. The van der Waals surface area contributed by atoms with Gasteiger partial charge >= 0.3 is 0 Å². The first-order valence-corrected chi connectivity index (χ1v) is 28.8. The molecule has 5 aromatic rings. The summed E-state index contributed by atoms with van der Waals surface area (Å²) in [5.41, 5.74) is 8.72. The molecular formula is C58H73ClN10O4S2. The number of halogens is 1. The van der Waals surface area contributed by atoms with Gasteiger partial charge in [0, 0.05) is 122 Å². The number of piperazine rings is 2. The van der Waals surface area contributed by atoms with Crippen molar-refractivity contribution < 1.29 is 13.9 Å². The topological polar surface area (TPSA) is 135 Å². The fraction of sp³-hybridized carbons (Fsp3) is 0.397. The second-order valence-electron chi connectivity index (χ2n) is 19.7. The summed E-state index contributed by atoms with van der Waals surface area (Å²) in [6, 6.07) is 31.4. The van der Waals surface area contributed by atoms with E-state index in [0.717, 1.165) is 142 Å². The van der Waals surface area contributed by atoms with Gasteiger partial charge in [0.25, 0.3) is 11.6 Å². The number of hydrogen-bond donors (Lipinski definition) is 3. The molecule has 398 valence electrons. The number of likely N-dealkylation sites (N-methyl/N-ethyl adjacent to an activating group) is 1. The number of nitro groups is 1. The molecule has 1 unspecified atom stereocenters. The van der Waals surface area contributed by atoms with E-state index < -0.39 is 15.9 Å². The molecule has 17 heteroatoms. The summed E-state index contributed by atoms with van der Waals surface area (Å²) < 4.78 is 19.1. The number of aromatic nitrogens is 1. The number of anilines is 2. The van der Waals surface area contributed by atoms with Gasteiger partial charge in [0.15, 0.2) is 11.0 Å². The fourth-order valence-electron chi connectivity index (χ4n) is 9.91. The lowest BCUT2D eigenvalue weighted by molar-refractivity contribution is -0.384. The lowest BCUT2D eigenvalue weighted by Gasteiger charge is -2.39. The van der Waals surface area contributed by atoms with E-state index in [-0.39, 0.29) is 17.6 Å². The Morgan fingerprint density at radius 1 is 0.893 bits per heavy atom. The van der Waals surface area contributed by atoms with Gasteiger partial charge in [-0.15, -0.1) is 11.8 Å². The molecule has 1 aliphatic carbocycles. The Morgan fingerprint density at radius 2 is 1.64 bits per heavy atom. The Labute approximate surface area is 455 Å². The van der Waals surface area contributed by atoms with Gasteiger partial charge in [0.2, 0.25) is 0 Å². The first-order valence-electron chi connectivity index (χ1n) is 26.3. The Morgan fingerprint density at radius 3 is 2.37 bits per heavy atom. The van der Waals surface area contributed by atoms with Crippen molar-refractivity contribution in [3.63, 3.8) is 0 Å². The molecule has 2 aliphatic heterocycles. The number of nitro benzene ring substituents is 1. The number of carbonyl (C=O) groups excluding carboxylic acids is 1. The van der Waals surface area contributed by atoms with Crippen molar-refractivity contribution in [2.24, 2.45) is 7.05 Å². The Kier molecular flexibility index (Phi) is 19.7. The smallest absolute Gasteiger partial charge is 0.293 e. The summed E-state index contributed by atoms with van der Waals surface area (Å²) in [7, 11) is 4.52. The summed E-state index contributed by atoms with van der Waals surface area (Å²) in [6.07, 6.45) is 11.4. The van der Waals surface area contributed by atoms with E-state index in [1.165, 1.54) is 11.8 Å². The van der Waals surface area contributed by atoms with Crippen molar-refractivity contribution in [3.8, 4) is 22.4 Å². The van der Waals surface area contributed by atoms with Crippen LogP contribution in [0, 0.1) is 17.0 Å². The fourth-order valence-corrected chi connectivity index (χ4v) is 11.9. The van der Waals surface area contributed by atoms with Crippen LogP contribution in [-0.4, -0.2) is 144 Å². The normalized spacial score (nSPS) is 18.3. The molecule has 8 rings (SSSR count). The Hall–Kier alpha value is -5.88. The van der Waals surface area contributed by atoms with E-state index in [4.69, 9.17) is 11.6 Å². The molecule has 4 aromatic carbocycles. The zero-order valence-electron chi connectivity index (χ0n) is 44.1. The highest BCUT2D eigenvalue weighted by atomic mass is 35.5. The van der Waals surface area contributed by atoms with Gasteiger partial charge in [0.1, 0.15) is 5.69 Å². The van der Waals surface area contributed by atoms with Crippen LogP contribution in [0.15, 0.2) is 143 Å². The molecule has 2 atom stereocenters. The van der Waals surface area contributed by atoms with Crippen molar-refractivity contribution in [3.05, 3.63) is 159 Å². The van der Waals surface area contributed by atoms with E-state index in [1.807, 2.05) is 68.6 Å². The largest absolute Gasteiger partial charge is 0.376 e. The molecule has 1 aromatic heterocycles. The third-order valence-corrected chi connectivity index (χ3v) is 17.1. The number of carbonyl (C=O) groups is 1. The Balaban J connectivity index is 0.928. The average Bonchev–Trinajstić information content (AvgIpc) is 3.69. The molecular weight excluding hydrogens is 1000 g/mol. The maximum atomic E-state index is 14.3. The van der Waals surface area contributed by atoms with Crippen LogP contribution < -0.4 is 20.3 Å². The highest BCUT2D eigenvalue weighted by Crippen LogP contribution is 2.41. The first-order chi connectivity index (χ1) is 36.3. The number of rotatable bonds is 22. The molecule has 2 fully saturated rings. The number of nitrogens with one attached hydrogen (secondary N) is 3. The van der Waals surface area contributed by atoms with E-state index >= 15 is 0 Å². The molecule has 0 spiro atoms. The third kappa shape index (κ3) is 14.7. The van der Waals surface area contributed by atoms with Crippen LogP contribution in [0.4, 0.5) is 17.1 Å². The molecule has 2 saturated heterocycles. The molecule has 0 saturated carbocycles. The summed E-state index contributed by atoms with van der Waals surface area (Å²) in [5, 5.41) is 19.9. The summed E-state index contributed by atoms with van der Waals surface area (Å²) >= 11 is 8.09. The number of allylic oxidation sites excluding steroid dienone is 5. The van der Waals surface area contributed by atoms with Crippen molar-refractivity contribution in [1.82, 2.24) is 34.2 Å². The highest BCUT2D eigenvalue weighted by molar-refractivity contribution is 7.99. The maximum Gasteiger partial charge on any atom is 0.293 e. The SMILES string of the molecule is CCN(C)CC[C@H](CSc1ccccc1)Nc1ccc(S(=O)NC2=C/C=C(/N3CCN(c4cccc(-c5c(C(=O)NCCCN6CCN(C)CC6)c(C)n(C)c5-c5ccc(Cl)cc5)c4)CC3)CC/C=C\2)cc1[N+](=O)[O-]. The molecule has 3 heterocycles. The molecule has 0 bridgehead atoms. The molecule has 3 N–H and O–H groups in total. The zero-order chi connectivity index (χ0) is 52.8. The van der Waals surface area contributed by atoms with Crippen LogP contribution in [0.3, 0.4) is 0 Å². The van der Waals surface area contributed by atoms with Gasteiger partial charge in [-0.05, 0) is 144 Å². The summed E-state index contributed by atoms with van der Waals surface area (Å²) in [6.45, 7) is 15.0. The van der Waals surface area contributed by atoms with Gasteiger partial charge in [-0.3, -0.25) is 14.9 Å². The predicted octanol–water partition coefficient (Wildman–Crippen LogP) is 10.1. The van der Waals surface area contributed by atoms with E-state index in [9.17, 15) is 19.1 Å². The zero-order valence-corrected chi connectivity index (χ0v) is 46.5. The number of hydrogen-bond acceptors (Lipinski definition) is 11. The van der Waals surface area contributed by atoms with Gasteiger partial charge in [-0.1, -0.05) is 67.1 Å². The summed E-state index contributed by atoms with van der Waals surface area (Å²) in [4.78, 5) is 39.7. The van der Waals surface area contributed by atoms with Gasteiger partial charge in [0.05, 0.1) is 21.1 Å². The quantitative estimate of drug-likeness (QED) is 0.0265. The van der Waals surface area contributed by atoms with Crippen LogP contribution in [0.2, 0.25) is 5.02 Å². The van der Waals surface area contributed by atoms with Crippen molar-refractivity contribution in [1.29, 1.82) is 0 Å².